The molecule has 21 heavy (non-hydrogen) atoms. The van der Waals surface area contributed by atoms with E-state index < -0.39 is 11.0 Å². The van der Waals surface area contributed by atoms with Crippen molar-refractivity contribution >= 4 is 5.69 Å². The third kappa shape index (κ3) is 3.58. The van der Waals surface area contributed by atoms with Gasteiger partial charge in [-0.05, 0) is 42.7 Å². The fourth-order valence-corrected chi connectivity index (χ4v) is 1.93. The van der Waals surface area contributed by atoms with Gasteiger partial charge in [-0.25, -0.2) is 0 Å². The van der Waals surface area contributed by atoms with Crippen LogP contribution in [0.15, 0.2) is 42.5 Å². The number of nitro groups is 1. The Hall–Kier alpha value is -2.40. The quantitative estimate of drug-likeness (QED) is 0.662. The molecule has 0 amide bonds. The van der Waals surface area contributed by atoms with Gasteiger partial charge in [0.15, 0.2) is 0 Å². The predicted molar refractivity (Wildman–Crippen MR) is 79.6 cm³/mol. The van der Waals surface area contributed by atoms with Gasteiger partial charge < -0.3 is 9.84 Å². The minimum atomic E-state index is -0.487. The average Bonchev–Trinajstić information content (AvgIpc) is 2.49. The van der Waals surface area contributed by atoms with E-state index in [9.17, 15) is 15.2 Å². The van der Waals surface area contributed by atoms with Gasteiger partial charge in [-0.2, -0.15) is 0 Å². The van der Waals surface area contributed by atoms with Gasteiger partial charge in [-0.3, -0.25) is 10.1 Å². The molecule has 1 unspecified atom stereocenters. The van der Waals surface area contributed by atoms with Gasteiger partial charge in [0.2, 0.25) is 0 Å². The first-order valence-electron chi connectivity index (χ1n) is 6.72. The molecule has 110 valence electrons. The Morgan fingerprint density at radius 1 is 1.24 bits per heavy atom. The lowest BCUT2D eigenvalue weighted by Gasteiger charge is -2.11. The van der Waals surface area contributed by atoms with Crippen LogP contribution in [-0.4, -0.2) is 10.0 Å². The van der Waals surface area contributed by atoms with Crippen LogP contribution in [0.4, 0.5) is 5.69 Å². The van der Waals surface area contributed by atoms with Crippen LogP contribution in [0.2, 0.25) is 0 Å². The lowest BCUT2D eigenvalue weighted by Crippen LogP contribution is -1.95. The maximum Gasteiger partial charge on any atom is 0.273 e. The summed E-state index contributed by atoms with van der Waals surface area (Å²) in [6.45, 7) is 3.73. The Labute approximate surface area is 123 Å². The summed E-state index contributed by atoms with van der Waals surface area (Å²) in [7, 11) is 0. The number of aryl methyl sites for hydroxylation is 1. The number of aliphatic hydroxyl groups excluding tert-OH is 1. The molecule has 0 aliphatic rings. The Morgan fingerprint density at radius 3 is 2.48 bits per heavy atom. The summed E-state index contributed by atoms with van der Waals surface area (Å²) in [6, 6.07) is 11.6. The van der Waals surface area contributed by atoms with Crippen LogP contribution in [0, 0.1) is 17.0 Å². The smallest absolute Gasteiger partial charge is 0.273 e. The molecule has 2 rings (SSSR count). The van der Waals surface area contributed by atoms with E-state index >= 15 is 0 Å². The van der Waals surface area contributed by atoms with Crippen LogP contribution in [0.1, 0.15) is 30.6 Å². The minimum Gasteiger partial charge on any atom is -0.457 e. The van der Waals surface area contributed by atoms with E-state index in [1.165, 1.54) is 12.1 Å². The lowest BCUT2D eigenvalue weighted by atomic mass is 10.1. The number of hydrogen-bond acceptors (Lipinski definition) is 4. The van der Waals surface area contributed by atoms with Crippen molar-refractivity contribution in [3.63, 3.8) is 0 Å². The van der Waals surface area contributed by atoms with Crippen LogP contribution in [-0.2, 0) is 0 Å². The number of hydrogen-bond donors (Lipinski definition) is 1. The van der Waals surface area contributed by atoms with Crippen LogP contribution in [0.25, 0.3) is 0 Å². The highest BCUT2D eigenvalue weighted by Gasteiger charge is 2.11. The van der Waals surface area contributed by atoms with E-state index in [4.69, 9.17) is 4.74 Å². The van der Waals surface area contributed by atoms with Crippen molar-refractivity contribution in [1.82, 2.24) is 0 Å². The van der Waals surface area contributed by atoms with Crippen molar-refractivity contribution in [3.05, 3.63) is 63.7 Å². The topological polar surface area (TPSA) is 72.6 Å². The molecule has 0 aliphatic heterocycles. The zero-order chi connectivity index (χ0) is 15.4. The van der Waals surface area contributed by atoms with Crippen LogP contribution >= 0.6 is 0 Å². The molecule has 0 aliphatic carbocycles. The number of benzene rings is 2. The number of non-ortho nitro benzene ring substituents is 1. The fourth-order valence-electron chi connectivity index (χ4n) is 1.93. The summed E-state index contributed by atoms with van der Waals surface area (Å²) < 4.78 is 5.68. The number of aliphatic hydroxyl groups is 1. The van der Waals surface area contributed by atoms with Gasteiger partial charge in [0, 0.05) is 6.07 Å². The lowest BCUT2D eigenvalue weighted by molar-refractivity contribution is -0.384. The van der Waals surface area contributed by atoms with Gasteiger partial charge in [0.1, 0.15) is 11.5 Å². The van der Waals surface area contributed by atoms with Crippen LogP contribution in [0.5, 0.6) is 11.5 Å². The summed E-state index contributed by atoms with van der Waals surface area (Å²) in [5.41, 5.74) is 1.63. The summed E-state index contributed by atoms with van der Waals surface area (Å²) in [4.78, 5) is 10.3. The first-order chi connectivity index (χ1) is 10.0. The largest absolute Gasteiger partial charge is 0.457 e. The number of nitro benzene ring substituents is 1. The Bertz CT molecular complexity index is 637. The zero-order valence-electron chi connectivity index (χ0n) is 11.9. The third-order valence-electron chi connectivity index (χ3n) is 3.26. The Balaban J connectivity index is 2.22. The van der Waals surface area contributed by atoms with Crippen molar-refractivity contribution in [1.29, 1.82) is 0 Å². The molecule has 0 bridgehead atoms. The molecular formula is C16H17NO4. The molecule has 0 aromatic heterocycles. The van der Waals surface area contributed by atoms with Gasteiger partial charge in [-0.15, -0.1) is 0 Å². The van der Waals surface area contributed by atoms with Gasteiger partial charge in [0.25, 0.3) is 5.69 Å². The second-order valence-corrected chi connectivity index (χ2v) is 4.80. The first-order valence-corrected chi connectivity index (χ1v) is 6.72. The summed E-state index contributed by atoms with van der Waals surface area (Å²) in [5, 5.41) is 20.5. The second-order valence-electron chi connectivity index (χ2n) is 4.80. The highest BCUT2D eigenvalue weighted by Crippen LogP contribution is 2.29. The maximum absolute atomic E-state index is 10.8. The molecule has 0 radical (unpaired) electrons. The van der Waals surface area contributed by atoms with E-state index in [1.54, 1.807) is 30.3 Å². The fraction of sp³-hybridized carbons (Fsp3) is 0.250. The molecule has 1 N–H and O–H groups in total. The number of ether oxygens (including phenoxy) is 1. The molecule has 0 spiro atoms. The van der Waals surface area contributed by atoms with Gasteiger partial charge in [0.05, 0.1) is 17.1 Å². The number of rotatable bonds is 5. The second kappa shape index (κ2) is 6.37. The molecule has 0 saturated carbocycles. The third-order valence-corrected chi connectivity index (χ3v) is 3.26. The molecule has 0 fully saturated rings. The SMILES string of the molecule is CCC(O)c1ccc(Oc2cc([N+](=O)[O-])ccc2C)cc1. The molecule has 0 heterocycles. The van der Waals surface area contributed by atoms with Crippen molar-refractivity contribution in [2.24, 2.45) is 0 Å². The van der Waals surface area contributed by atoms with E-state index in [-0.39, 0.29) is 5.69 Å². The molecule has 5 nitrogen and oxygen atoms in total. The van der Waals surface area contributed by atoms with Crippen LogP contribution in [0.3, 0.4) is 0 Å². The highest BCUT2D eigenvalue weighted by atomic mass is 16.6. The normalized spacial score (nSPS) is 12.0. The monoisotopic (exact) mass is 287 g/mol. The molecular weight excluding hydrogens is 270 g/mol. The molecule has 0 saturated heterocycles. The molecule has 1 atom stereocenters. The van der Waals surface area contributed by atoms with Crippen molar-refractivity contribution in [2.75, 3.05) is 0 Å². The average molecular weight is 287 g/mol. The van der Waals surface area contributed by atoms with E-state index in [1.807, 2.05) is 13.8 Å². The number of nitrogens with zero attached hydrogens (tertiary/aromatic N) is 1. The first kappa shape index (κ1) is 15.0. The highest BCUT2D eigenvalue weighted by molar-refractivity contribution is 5.46. The standard InChI is InChI=1S/C16H17NO4/c1-3-15(18)12-5-8-14(9-6-12)21-16-10-13(17(19)20)7-4-11(16)2/h4-10,15,18H,3H2,1-2H3. The van der Waals surface area contributed by atoms with Gasteiger partial charge >= 0.3 is 0 Å². The minimum absolute atomic E-state index is 0.00590. The summed E-state index contributed by atoms with van der Waals surface area (Å²) in [6.07, 6.45) is 0.156. The zero-order valence-corrected chi connectivity index (χ0v) is 11.9. The Morgan fingerprint density at radius 2 is 1.90 bits per heavy atom. The van der Waals surface area contributed by atoms with Crippen LogP contribution < -0.4 is 4.74 Å². The van der Waals surface area contributed by atoms with Crippen molar-refractivity contribution in [2.45, 2.75) is 26.4 Å². The van der Waals surface area contributed by atoms with Crippen molar-refractivity contribution in [3.8, 4) is 11.5 Å². The summed E-state index contributed by atoms with van der Waals surface area (Å²) in [5.74, 6) is 1.03. The molecule has 5 heteroatoms. The molecule has 2 aromatic carbocycles. The van der Waals surface area contributed by atoms with E-state index in [0.29, 0.717) is 17.9 Å². The maximum atomic E-state index is 10.8. The van der Waals surface area contributed by atoms with Crippen molar-refractivity contribution < 1.29 is 14.8 Å². The Kier molecular flexibility index (Phi) is 4.55. The predicted octanol–water partition coefficient (Wildman–Crippen LogP) is 4.14. The van der Waals surface area contributed by atoms with Gasteiger partial charge in [-0.1, -0.05) is 19.1 Å². The molecule has 2 aromatic rings. The van der Waals surface area contributed by atoms with E-state index in [0.717, 1.165) is 11.1 Å². The summed E-state index contributed by atoms with van der Waals surface area (Å²) >= 11 is 0. The van der Waals surface area contributed by atoms with E-state index in [2.05, 4.69) is 0 Å².